The van der Waals surface area contributed by atoms with E-state index in [1.807, 2.05) is 0 Å². The molecule has 0 aromatic heterocycles. The average Bonchev–Trinajstić information content (AvgIpc) is 1.89. The van der Waals surface area contributed by atoms with E-state index in [9.17, 15) is 4.79 Å². The first-order valence-electron chi connectivity index (χ1n) is 2.89. The second kappa shape index (κ2) is 4.96. The maximum Gasteiger partial charge on any atom is 0.335 e. The molecule has 0 aliphatic rings. The van der Waals surface area contributed by atoms with Gasteiger partial charge in [0.05, 0.1) is 18.8 Å². The van der Waals surface area contributed by atoms with Gasteiger partial charge >= 0.3 is 5.97 Å². The maximum absolute atomic E-state index is 10.7. The summed E-state index contributed by atoms with van der Waals surface area (Å²) in [6.07, 6.45) is 0. The van der Waals surface area contributed by atoms with Gasteiger partial charge in [-0.25, -0.2) is 10.7 Å². The SMILES string of the molecule is C=C(CON)C(=O)OCC. The molecule has 0 amide bonds. The molecule has 4 nitrogen and oxygen atoms in total. The minimum Gasteiger partial charge on any atom is -0.463 e. The van der Waals surface area contributed by atoms with Crippen LogP contribution < -0.4 is 5.90 Å². The van der Waals surface area contributed by atoms with Gasteiger partial charge in [0.25, 0.3) is 0 Å². The highest BCUT2D eigenvalue weighted by atomic mass is 16.6. The first-order valence-corrected chi connectivity index (χ1v) is 2.89. The summed E-state index contributed by atoms with van der Waals surface area (Å²) in [5.74, 6) is 4.23. The molecule has 0 radical (unpaired) electrons. The molecule has 0 heterocycles. The van der Waals surface area contributed by atoms with Crippen molar-refractivity contribution in [2.45, 2.75) is 6.92 Å². The molecular formula is C6H11NO3. The largest absolute Gasteiger partial charge is 0.463 e. The third-order valence-electron chi connectivity index (χ3n) is 0.822. The highest BCUT2D eigenvalue weighted by Gasteiger charge is 2.05. The molecule has 0 fully saturated rings. The zero-order valence-corrected chi connectivity index (χ0v) is 5.92. The van der Waals surface area contributed by atoms with Crippen molar-refractivity contribution in [3.63, 3.8) is 0 Å². The second-order valence-corrected chi connectivity index (χ2v) is 1.64. The fraction of sp³-hybridized carbons (Fsp3) is 0.500. The number of hydrogen-bond acceptors (Lipinski definition) is 4. The van der Waals surface area contributed by atoms with E-state index in [1.165, 1.54) is 0 Å². The lowest BCUT2D eigenvalue weighted by Crippen LogP contribution is -2.13. The third kappa shape index (κ3) is 3.21. The van der Waals surface area contributed by atoms with Gasteiger partial charge in [-0.15, -0.1) is 0 Å². The molecule has 0 atom stereocenters. The molecule has 0 aliphatic heterocycles. The summed E-state index contributed by atoms with van der Waals surface area (Å²) in [4.78, 5) is 14.8. The van der Waals surface area contributed by atoms with Crippen LogP contribution in [0.25, 0.3) is 0 Å². The Morgan fingerprint density at radius 1 is 1.70 bits per heavy atom. The summed E-state index contributed by atoms with van der Waals surface area (Å²) in [6, 6.07) is 0. The normalized spacial score (nSPS) is 9.00. The molecule has 58 valence electrons. The summed E-state index contributed by atoms with van der Waals surface area (Å²) < 4.78 is 4.58. The molecule has 4 heteroatoms. The van der Waals surface area contributed by atoms with E-state index in [1.54, 1.807) is 6.92 Å². The van der Waals surface area contributed by atoms with E-state index < -0.39 is 5.97 Å². The standard InChI is InChI=1S/C6H11NO3/c1-3-9-6(8)5(2)4-10-7/h2-4,7H2,1H3. The lowest BCUT2D eigenvalue weighted by Gasteiger charge is -2.01. The Morgan fingerprint density at radius 3 is 2.70 bits per heavy atom. The van der Waals surface area contributed by atoms with Crippen molar-refractivity contribution in [2.75, 3.05) is 13.2 Å². The van der Waals surface area contributed by atoms with Crippen molar-refractivity contribution in [3.8, 4) is 0 Å². The topological polar surface area (TPSA) is 61.5 Å². The van der Waals surface area contributed by atoms with Crippen LogP contribution in [0.3, 0.4) is 0 Å². The second-order valence-electron chi connectivity index (χ2n) is 1.64. The maximum atomic E-state index is 10.7. The van der Waals surface area contributed by atoms with E-state index in [0.717, 1.165) is 0 Å². The van der Waals surface area contributed by atoms with E-state index in [0.29, 0.717) is 6.61 Å². The number of carbonyl (C=O) groups excluding carboxylic acids is 1. The molecule has 0 rings (SSSR count). The van der Waals surface area contributed by atoms with Gasteiger partial charge < -0.3 is 4.74 Å². The quantitative estimate of drug-likeness (QED) is 0.343. The molecule has 0 spiro atoms. The number of carbonyl (C=O) groups is 1. The molecule has 0 saturated heterocycles. The van der Waals surface area contributed by atoms with Gasteiger partial charge in [0.1, 0.15) is 0 Å². The molecule has 0 aromatic rings. The van der Waals surface area contributed by atoms with Gasteiger partial charge in [0.15, 0.2) is 0 Å². The van der Waals surface area contributed by atoms with Crippen LogP contribution in [-0.2, 0) is 14.4 Å². The molecular weight excluding hydrogens is 134 g/mol. The fourth-order valence-corrected chi connectivity index (χ4v) is 0.393. The predicted octanol–water partition coefficient (Wildman–Crippen LogP) is -0.00400. The highest BCUT2D eigenvalue weighted by Crippen LogP contribution is 1.92. The van der Waals surface area contributed by atoms with Crippen molar-refractivity contribution in [1.82, 2.24) is 0 Å². The van der Waals surface area contributed by atoms with Crippen molar-refractivity contribution < 1.29 is 14.4 Å². The zero-order valence-electron chi connectivity index (χ0n) is 5.92. The Balaban J connectivity index is 3.60. The smallest absolute Gasteiger partial charge is 0.335 e. The van der Waals surface area contributed by atoms with Gasteiger partial charge in [-0.3, -0.25) is 4.84 Å². The van der Waals surface area contributed by atoms with E-state index >= 15 is 0 Å². The molecule has 0 unspecified atom stereocenters. The summed E-state index contributed by atoms with van der Waals surface area (Å²) in [5.41, 5.74) is 0.226. The van der Waals surface area contributed by atoms with E-state index in [-0.39, 0.29) is 12.2 Å². The van der Waals surface area contributed by atoms with Gasteiger partial charge in [-0.2, -0.15) is 0 Å². The summed E-state index contributed by atoms with van der Waals surface area (Å²) in [5, 5.41) is 0. The molecule has 2 N–H and O–H groups in total. The zero-order chi connectivity index (χ0) is 7.98. The van der Waals surface area contributed by atoms with Crippen LogP contribution in [0.5, 0.6) is 0 Å². The van der Waals surface area contributed by atoms with Gasteiger partial charge in [-0.1, -0.05) is 6.58 Å². The number of rotatable bonds is 4. The van der Waals surface area contributed by atoms with Crippen LogP contribution in [0.2, 0.25) is 0 Å². The van der Waals surface area contributed by atoms with Crippen LogP contribution in [0.1, 0.15) is 6.92 Å². The average molecular weight is 145 g/mol. The number of esters is 1. The number of nitrogens with two attached hydrogens (primary N) is 1. The lowest BCUT2D eigenvalue weighted by atomic mass is 10.3. The minimum absolute atomic E-state index is 0.0127. The Kier molecular flexibility index (Phi) is 4.53. The molecule has 0 saturated carbocycles. The number of hydrogen-bond donors (Lipinski definition) is 1. The predicted molar refractivity (Wildman–Crippen MR) is 35.9 cm³/mol. The minimum atomic E-state index is -0.465. The molecule has 0 aliphatic carbocycles. The Hall–Kier alpha value is -0.870. The van der Waals surface area contributed by atoms with Crippen LogP contribution in [0.4, 0.5) is 0 Å². The first kappa shape index (κ1) is 9.13. The molecule has 0 aromatic carbocycles. The Bertz CT molecular complexity index is 117. The van der Waals surface area contributed by atoms with Crippen molar-refractivity contribution in [2.24, 2.45) is 5.90 Å². The van der Waals surface area contributed by atoms with Crippen LogP contribution >= 0.6 is 0 Å². The highest BCUT2D eigenvalue weighted by molar-refractivity contribution is 5.87. The van der Waals surface area contributed by atoms with Crippen molar-refractivity contribution >= 4 is 5.97 Å². The van der Waals surface area contributed by atoms with Crippen LogP contribution in [-0.4, -0.2) is 19.2 Å². The third-order valence-corrected chi connectivity index (χ3v) is 0.822. The molecule has 0 bridgehead atoms. The van der Waals surface area contributed by atoms with Crippen LogP contribution in [0, 0.1) is 0 Å². The Labute approximate surface area is 59.6 Å². The van der Waals surface area contributed by atoms with Gasteiger partial charge in [0, 0.05) is 0 Å². The monoisotopic (exact) mass is 145 g/mol. The lowest BCUT2D eigenvalue weighted by molar-refractivity contribution is -0.139. The van der Waals surface area contributed by atoms with E-state index in [2.05, 4.69) is 16.2 Å². The first-order chi connectivity index (χ1) is 4.72. The Morgan fingerprint density at radius 2 is 2.30 bits per heavy atom. The summed E-state index contributed by atoms with van der Waals surface area (Å²) in [6.45, 7) is 5.45. The fourth-order valence-electron chi connectivity index (χ4n) is 0.393. The number of ether oxygens (including phenoxy) is 1. The summed E-state index contributed by atoms with van der Waals surface area (Å²) in [7, 11) is 0. The van der Waals surface area contributed by atoms with Gasteiger partial charge in [0.2, 0.25) is 0 Å². The summed E-state index contributed by atoms with van der Waals surface area (Å²) >= 11 is 0. The van der Waals surface area contributed by atoms with Crippen molar-refractivity contribution in [1.29, 1.82) is 0 Å². The van der Waals surface area contributed by atoms with Crippen molar-refractivity contribution in [3.05, 3.63) is 12.2 Å². The van der Waals surface area contributed by atoms with Crippen LogP contribution in [0.15, 0.2) is 12.2 Å². The van der Waals surface area contributed by atoms with E-state index in [4.69, 9.17) is 5.90 Å². The molecule has 10 heavy (non-hydrogen) atoms. The van der Waals surface area contributed by atoms with Gasteiger partial charge in [-0.05, 0) is 6.92 Å².